The number of amides is 1. The first kappa shape index (κ1) is 19.4. The van der Waals surface area contributed by atoms with Crippen molar-refractivity contribution >= 4 is 50.3 Å². The van der Waals surface area contributed by atoms with Crippen molar-refractivity contribution in [1.29, 1.82) is 0 Å². The molecule has 2 N–H and O–H groups in total. The minimum absolute atomic E-state index is 0.184. The Bertz CT molecular complexity index is 1220. The lowest BCUT2D eigenvalue weighted by molar-refractivity contribution is -0.115. The van der Waals surface area contributed by atoms with Gasteiger partial charge in [0.15, 0.2) is 10.8 Å². The predicted octanol–water partition coefficient (Wildman–Crippen LogP) is 3.99. The lowest BCUT2D eigenvalue weighted by atomic mass is 10.3. The Kier molecular flexibility index (Phi) is 5.50. The molecule has 7 nitrogen and oxygen atoms in total. The number of hydrogen-bond acceptors (Lipinski definition) is 5. The van der Waals surface area contributed by atoms with Crippen LogP contribution in [0.5, 0.6) is 0 Å². The van der Waals surface area contributed by atoms with Crippen molar-refractivity contribution in [3.8, 4) is 5.69 Å². The Balaban J connectivity index is 1.58. The average molecular weight is 470 g/mol. The fraction of sp³-hybridized carbons (Fsp3) is 0.100. The molecule has 0 bridgehead atoms. The highest BCUT2D eigenvalue weighted by molar-refractivity contribution is 9.10. The number of hydrogen-bond donors (Lipinski definition) is 2. The van der Waals surface area contributed by atoms with E-state index >= 15 is 0 Å². The van der Waals surface area contributed by atoms with E-state index in [1.165, 1.54) is 18.0 Å². The third kappa shape index (κ3) is 4.25. The third-order valence-electron chi connectivity index (χ3n) is 4.19. The predicted molar refractivity (Wildman–Crippen MR) is 118 cm³/mol. The number of rotatable bonds is 5. The normalized spacial score (nSPS) is 12.1. The Hall–Kier alpha value is -2.91. The van der Waals surface area contributed by atoms with Gasteiger partial charge in [-0.25, -0.2) is 9.67 Å². The summed E-state index contributed by atoms with van der Waals surface area (Å²) in [7, 11) is 0. The number of thioether (sulfide) groups is 1. The van der Waals surface area contributed by atoms with E-state index < -0.39 is 5.25 Å². The minimum atomic E-state index is -0.465. The summed E-state index contributed by atoms with van der Waals surface area (Å²) in [5.74, 6) is -0.184. The highest BCUT2D eigenvalue weighted by Crippen LogP contribution is 2.23. The zero-order valence-corrected chi connectivity index (χ0v) is 17.7. The monoisotopic (exact) mass is 469 g/mol. The second kappa shape index (κ2) is 8.22. The Morgan fingerprint density at radius 1 is 1.17 bits per heavy atom. The maximum absolute atomic E-state index is 12.5. The number of aromatic amines is 1. The molecule has 9 heteroatoms. The summed E-state index contributed by atoms with van der Waals surface area (Å²) >= 11 is 4.55. The van der Waals surface area contributed by atoms with Crippen molar-refractivity contribution in [3.63, 3.8) is 0 Å². The summed E-state index contributed by atoms with van der Waals surface area (Å²) in [4.78, 5) is 32.2. The van der Waals surface area contributed by atoms with Gasteiger partial charge >= 0.3 is 0 Å². The smallest absolute Gasteiger partial charge is 0.262 e. The number of para-hydroxylation sites is 1. The van der Waals surface area contributed by atoms with Gasteiger partial charge in [-0.3, -0.25) is 9.59 Å². The second-order valence-corrected chi connectivity index (χ2v) is 8.50. The molecule has 0 saturated heterocycles. The number of benzene rings is 2. The molecule has 0 fully saturated rings. The fourth-order valence-electron chi connectivity index (χ4n) is 2.71. The standard InChI is InChI=1S/C20H16BrN5O2S/c1-12(18(27)23-14-9-7-13(21)8-10-14)29-20-24-17-16(19(28)25-20)11-22-26(17)15-5-3-2-4-6-15/h2-12H,1H3,(H,23,27)(H,24,25,28)/t12-/m1/s1. The van der Waals surface area contributed by atoms with Crippen LogP contribution >= 0.6 is 27.7 Å². The van der Waals surface area contributed by atoms with Crippen molar-refractivity contribution in [2.24, 2.45) is 0 Å². The number of carbonyl (C=O) groups excluding carboxylic acids is 1. The van der Waals surface area contributed by atoms with Crippen LogP contribution in [-0.4, -0.2) is 30.9 Å². The maximum Gasteiger partial charge on any atom is 0.262 e. The molecule has 146 valence electrons. The van der Waals surface area contributed by atoms with Crippen LogP contribution < -0.4 is 10.9 Å². The van der Waals surface area contributed by atoms with E-state index in [1.807, 2.05) is 54.6 Å². The van der Waals surface area contributed by atoms with Crippen molar-refractivity contribution < 1.29 is 4.79 Å². The number of anilines is 1. The van der Waals surface area contributed by atoms with E-state index in [-0.39, 0.29) is 11.5 Å². The van der Waals surface area contributed by atoms with Crippen molar-refractivity contribution in [2.75, 3.05) is 5.32 Å². The van der Waals surface area contributed by atoms with Crippen LogP contribution in [0, 0.1) is 0 Å². The maximum atomic E-state index is 12.5. The van der Waals surface area contributed by atoms with Crippen LogP contribution in [0.1, 0.15) is 6.92 Å². The molecule has 0 radical (unpaired) electrons. The number of fused-ring (bicyclic) bond motifs is 1. The molecule has 2 aromatic heterocycles. The summed E-state index contributed by atoms with van der Waals surface area (Å²) in [5.41, 5.74) is 1.66. The summed E-state index contributed by atoms with van der Waals surface area (Å²) in [6, 6.07) is 16.8. The van der Waals surface area contributed by atoms with Gasteiger partial charge in [0.25, 0.3) is 5.56 Å². The summed E-state index contributed by atoms with van der Waals surface area (Å²) in [6.45, 7) is 1.76. The average Bonchev–Trinajstić information content (AvgIpc) is 3.15. The molecular weight excluding hydrogens is 454 g/mol. The molecule has 4 aromatic rings. The molecule has 2 aromatic carbocycles. The SMILES string of the molecule is C[C@@H](Sc1nc2c(cnn2-c2ccccc2)c(=O)[nH]1)C(=O)Nc1ccc(Br)cc1. The largest absolute Gasteiger partial charge is 0.325 e. The van der Waals surface area contributed by atoms with Gasteiger partial charge in [0.2, 0.25) is 5.91 Å². The number of nitrogens with one attached hydrogen (secondary N) is 2. The molecule has 0 spiro atoms. The van der Waals surface area contributed by atoms with E-state index in [0.717, 1.165) is 10.2 Å². The number of halogens is 1. The number of H-pyrrole nitrogens is 1. The summed E-state index contributed by atoms with van der Waals surface area (Å²) in [6.07, 6.45) is 1.49. The number of carbonyl (C=O) groups is 1. The van der Waals surface area contributed by atoms with Gasteiger partial charge in [-0.15, -0.1) is 0 Å². The molecule has 0 aliphatic heterocycles. The Labute approximate surface area is 178 Å². The third-order valence-corrected chi connectivity index (χ3v) is 5.70. The van der Waals surface area contributed by atoms with Crippen LogP contribution in [0.4, 0.5) is 5.69 Å². The van der Waals surface area contributed by atoms with Crippen LogP contribution in [0.25, 0.3) is 16.7 Å². The quantitative estimate of drug-likeness (QED) is 0.340. The number of nitrogens with zero attached hydrogens (tertiary/aromatic N) is 3. The first-order chi connectivity index (χ1) is 14.0. The number of aromatic nitrogens is 4. The molecule has 1 atom stereocenters. The molecule has 0 aliphatic rings. The zero-order chi connectivity index (χ0) is 20.4. The van der Waals surface area contributed by atoms with Gasteiger partial charge in [-0.1, -0.05) is 45.9 Å². The van der Waals surface area contributed by atoms with Crippen LogP contribution in [0.3, 0.4) is 0 Å². The highest BCUT2D eigenvalue weighted by Gasteiger charge is 2.18. The van der Waals surface area contributed by atoms with Crippen molar-refractivity contribution in [2.45, 2.75) is 17.3 Å². The van der Waals surface area contributed by atoms with Crippen LogP contribution in [0.2, 0.25) is 0 Å². The van der Waals surface area contributed by atoms with Gasteiger partial charge in [-0.05, 0) is 43.3 Å². The lowest BCUT2D eigenvalue weighted by Crippen LogP contribution is -2.23. The first-order valence-corrected chi connectivity index (χ1v) is 10.4. The topological polar surface area (TPSA) is 92.7 Å². The van der Waals surface area contributed by atoms with Crippen molar-refractivity contribution in [1.82, 2.24) is 19.7 Å². The highest BCUT2D eigenvalue weighted by atomic mass is 79.9. The zero-order valence-electron chi connectivity index (χ0n) is 15.3. The van der Waals surface area contributed by atoms with E-state index in [0.29, 0.717) is 21.9 Å². The Morgan fingerprint density at radius 3 is 2.62 bits per heavy atom. The summed E-state index contributed by atoms with van der Waals surface area (Å²) < 4.78 is 2.55. The molecule has 0 unspecified atom stereocenters. The first-order valence-electron chi connectivity index (χ1n) is 8.78. The Morgan fingerprint density at radius 2 is 1.90 bits per heavy atom. The van der Waals surface area contributed by atoms with Gasteiger partial charge in [-0.2, -0.15) is 5.10 Å². The van der Waals surface area contributed by atoms with E-state index in [1.54, 1.807) is 11.6 Å². The van der Waals surface area contributed by atoms with Gasteiger partial charge in [0, 0.05) is 10.2 Å². The molecule has 29 heavy (non-hydrogen) atoms. The molecule has 2 heterocycles. The fourth-order valence-corrected chi connectivity index (χ4v) is 3.77. The molecule has 4 rings (SSSR count). The summed E-state index contributed by atoms with van der Waals surface area (Å²) in [5, 5.41) is 7.43. The van der Waals surface area contributed by atoms with E-state index in [2.05, 4.69) is 36.3 Å². The van der Waals surface area contributed by atoms with Gasteiger partial charge in [0.05, 0.1) is 17.1 Å². The van der Waals surface area contributed by atoms with Crippen LogP contribution in [-0.2, 0) is 4.79 Å². The molecule has 0 aliphatic carbocycles. The van der Waals surface area contributed by atoms with Gasteiger partial charge in [0.1, 0.15) is 5.39 Å². The lowest BCUT2D eigenvalue weighted by Gasteiger charge is -2.11. The van der Waals surface area contributed by atoms with E-state index in [4.69, 9.17) is 0 Å². The van der Waals surface area contributed by atoms with Crippen molar-refractivity contribution in [3.05, 3.63) is 75.6 Å². The van der Waals surface area contributed by atoms with E-state index in [9.17, 15) is 9.59 Å². The molecule has 0 saturated carbocycles. The van der Waals surface area contributed by atoms with Gasteiger partial charge < -0.3 is 10.3 Å². The minimum Gasteiger partial charge on any atom is -0.325 e. The molecular formula is C20H16BrN5O2S. The molecule has 1 amide bonds. The second-order valence-electron chi connectivity index (χ2n) is 6.26. The van der Waals surface area contributed by atoms with Crippen LogP contribution in [0.15, 0.2) is 75.2 Å².